The largest absolute Gasteiger partial charge is 0.376 e. The Morgan fingerprint density at radius 3 is 2.73 bits per heavy atom. The van der Waals surface area contributed by atoms with Crippen LogP contribution < -0.4 is 10.2 Å². The average molecular weight is 305 g/mol. The molecule has 0 bridgehead atoms. The van der Waals surface area contributed by atoms with E-state index in [1.54, 1.807) is 12.4 Å². The van der Waals surface area contributed by atoms with Crippen LogP contribution in [0.1, 0.15) is 12.8 Å². The molecule has 1 amide bonds. The van der Waals surface area contributed by atoms with Crippen molar-refractivity contribution in [3.05, 3.63) is 18.5 Å². The number of hydrogen-bond donors (Lipinski definition) is 1. The fraction of sp³-hybridized carbons (Fsp3) is 0.667. The lowest BCUT2D eigenvalue weighted by atomic mass is 10.2. The van der Waals surface area contributed by atoms with E-state index in [1.807, 2.05) is 6.07 Å². The third-order valence-corrected chi connectivity index (χ3v) is 4.13. The first-order valence-corrected chi connectivity index (χ1v) is 7.94. The molecule has 0 spiro atoms. The van der Waals surface area contributed by atoms with Crippen molar-refractivity contribution >= 4 is 11.9 Å². The number of amides is 1. The SMILES string of the molecule is O=C(CN1CCN(c2ncccn2)CC1)NCC1CCCO1. The van der Waals surface area contributed by atoms with Crippen molar-refractivity contribution in [1.29, 1.82) is 0 Å². The van der Waals surface area contributed by atoms with Gasteiger partial charge >= 0.3 is 0 Å². The Labute approximate surface area is 130 Å². The van der Waals surface area contributed by atoms with Gasteiger partial charge in [0.15, 0.2) is 0 Å². The zero-order valence-electron chi connectivity index (χ0n) is 12.8. The van der Waals surface area contributed by atoms with Gasteiger partial charge in [0, 0.05) is 51.7 Å². The second-order valence-corrected chi connectivity index (χ2v) is 5.75. The maximum Gasteiger partial charge on any atom is 0.234 e. The molecule has 1 atom stereocenters. The molecule has 0 aliphatic carbocycles. The summed E-state index contributed by atoms with van der Waals surface area (Å²) in [7, 11) is 0. The van der Waals surface area contributed by atoms with Crippen LogP contribution >= 0.6 is 0 Å². The first-order valence-electron chi connectivity index (χ1n) is 7.94. The minimum Gasteiger partial charge on any atom is -0.376 e. The van der Waals surface area contributed by atoms with Crippen molar-refractivity contribution < 1.29 is 9.53 Å². The smallest absolute Gasteiger partial charge is 0.234 e. The van der Waals surface area contributed by atoms with Crippen molar-refractivity contribution in [3.8, 4) is 0 Å². The van der Waals surface area contributed by atoms with Crippen LogP contribution in [-0.2, 0) is 9.53 Å². The lowest BCUT2D eigenvalue weighted by molar-refractivity contribution is -0.122. The van der Waals surface area contributed by atoms with Crippen molar-refractivity contribution in [2.45, 2.75) is 18.9 Å². The number of ether oxygens (including phenoxy) is 1. The number of piperazine rings is 1. The minimum absolute atomic E-state index is 0.0833. The lowest BCUT2D eigenvalue weighted by Gasteiger charge is -2.34. The van der Waals surface area contributed by atoms with Gasteiger partial charge in [-0.25, -0.2) is 9.97 Å². The molecule has 7 nitrogen and oxygen atoms in total. The van der Waals surface area contributed by atoms with Gasteiger partial charge in [0.25, 0.3) is 0 Å². The highest BCUT2D eigenvalue weighted by atomic mass is 16.5. The molecule has 7 heteroatoms. The Kier molecular flexibility index (Phi) is 5.18. The first kappa shape index (κ1) is 15.2. The van der Waals surface area contributed by atoms with E-state index in [9.17, 15) is 4.79 Å². The van der Waals surface area contributed by atoms with Crippen LogP contribution in [0.3, 0.4) is 0 Å². The van der Waals surface area contributed by atoms with Gasteiger partial charge in [-0.1, -0.05) is 0 Å². The number of nitrogens with one attached hydrogen (secondary N) is 1. The van der Waals surface area contributed by atoms with E-state index in [0.717, 1.165) is 51.6 Å². The van der Waals surface area contributed by atoms with E-state index in [4.69, 9.17) is 4.74 Å². The van der Waals surface area contributed by atoms with Crippen LogP contribution in [0.15, 0.2) is 18.5 Å². The van der Waals surface area contributed by atoms with Crippen molar-refractivity contribution in [3.63, 3.8) is 0 Å². The van der Waals surface area contributed by atoms with E-state index < -0.39 is 0 Å². The summed E-state index contributed by atoms with van der Waals surface area (Å²) in [6.07, 6.45) is 5.87. The summed E-state index contributed by atoms with van der Waals surface area (Å²) in [5.41, 5.74) is 0. The molecule has 1 unspecified atom stereocenters. The van der Waals surface area contributed by atoms with E-state index >= 15 is 0 Å². The molecular formula is C15H23N5O2. The molecule has 2 aliphatic heterocycles. The third-order valence-electron chi connectivity index (χ3n) is 4.13. The highest BCUT2D eigenvalue weighted by Crippen LogP contribution is 2.11. The average Bonchev–Trinajstić information content (AvgIpc) is 3.08. The summed E-state index contributed by atoms with van der Waals surface area (Å²) in [5, 5.41) is 2.97. The Morgan fingerprint density at radius 1 is 1.27 bits per heavy atom. The number of hydrogen-bond acceptors (Lipinski definition) is 6. The molecule has 2 aliphatic rings. The molecule has 0 aromatic carbocycles. The molecule has 3 rings (SSSR count). The zero-order chi connectivity index (χ0) is 15.2. The summed E-state index contributed by atoms with van der Waals surface area (Å²) in [5.74, 6) is 0.852. The van der Waals surface area contributed by atoms with E-state index in [-0.39, 0.29) is 12.0 Å². The predicted octanol–water partition coefficient (Wildman–Crippen LogP) is -0.106. The maximum absolute atomic E-state index is 12.0. The summed E-state index contributed by atoms with van der Waals surface area (Å²) >= 11 is 0. The van der Waals surface area contributed by atoms with Crippen molar-refractivity contribution in [2.75, 3.05) is 50.8 Å². The monoisotopic (exact) mass is 305 g/mol. The van der Waals surface area contributed by atoms with Gasteiger partial charge in [-0.2, -0.15) is 0 Å². The normalized spacial score (nSPS) is 22.7. The Morgan fingerprint density at radius 2 is 2.05 bits per heavy atom. The molecular weight excluding hydrogens is 282 g/mol. The van der Waals surface area contributed by atoms with Crippen LogP contribution in [-0.4, -0.2) is 72.8 Å². The molecule has 0 radical (unpaired) electrons. The fourth-order valence-electron chi connectivity index (χ4n) is 2.85. The molecule has 2 fully saturated rings. The fourth-order valence-corrected chi connectivity index (χ4v) is 2.85. The van der Waals surface area contributed by atoms with E-state index in [0.29, 0.717) is 13.1 Å². The van der Waals surface area contributed by atoms with Gasteiger partial charge in [0.2, 0.25) is 11.9 Å². The molecule has 1 N–H and O–H groups in total. The van der Waals surface area contributed by atoms with Crippen LogP contribution in [0, 0.1) is 0 Å². The Balaban J connectivity index is 1.37. The van der Waals surface area contributed by atoms with Gasteiger partial charge in [-0.05, 0) is 18.9 Å². The number of anilines is 1. The molecule has 0 saturated carbocycles. The third kappa shape index (κ3) is 4.14. The summed E-state index contributed by atoms with van der Waals surface area (Å²) in [6, 6.07) is 1.82. The van der Waals surface area contributed by atoms with Gasteiger partial charge in [-0.3, -0.25) is 9.69 Å². The second-order valence-electron chi connectivity index (χ2n) is 5.75. The Bertz CT molecular complexity index is 470. The van der Waals surface area contributed by atoms with Crippen LogP contribution in [0.5, 0.6) is 0 Å². The number of carbonyl (C=O) groups excluding carboxylic acids is 1. The number of aromatic nitrogens is 2. The Hall–Kier alpha value is -1.73. The summed E-state index contributed by atoms with van der Waals surface area (Å²) in [6.45, 7) is 5.32. The number of rotatable bonds is 5. The predicted molar refractivity (Wildman–Crippen MR) is 82.7 cm³/mol. The molecule has 1 aromatic heterocycles. The molecule has 2 saturated heterocycles. The van der Waals surface area contributed by atoms with Crippen LogP contribution in [0.2, 0.25) is 0 Å². The highest BCUT2D eigenvalue weighted by Gasteiger charge is 2.21. The summed E-state index contributed by atoms with van der Waals surface area (Å²) in [4.78, 5) is 24.8. The van der Waals surface area contributed by atoms with Crippen molar-refractivity contribution in [2.24, 2.45) is 0 Å². The summed E-state index contributed by atoms with van der Waals surface area (Å²) < 4.78 is 5.51. The number of nitrogens with zero attached hydrogens (tertiary/aromatic N) is 4. The van der Waals surface area contributed by atoms with Crippen LogP contribution in [0.25, 0.3) is 0 Å². The van der Waals surface area contributed by atoms with Crippen molar-refractivity contribution in [1.82, 2.24) is 20.2 Å². The second kappa shape index (κ2) is 7.51. The number of carbonyl (C=O) groups is 1. The standard InChI is InChI=1S/C15H23N5O2/c21-14(18-11-13-3-1-10-22-13)12-19-6-8-20(9-7-19)15-16-4-2-5-17-15/h2,4-5,13H,1,3,6-12H2,(H,18,21). The first-order chi connectivity index (χ1) is 10.8. The molecule has 3 heterocycles. The topological polar surface area (TPSA) is 70.6 Å². The van der Waals surface area contributed by atoms with Gasteiger partial charge < -0.3 is 15.0 Å². The van der Waals surface area contributed by atoms with Gasteiger partial charge in [0.1, 0.15) is 0 Å². The minimum atomic E-state index is 0.0833. The maximum atomic E-state index is 12.0. The highest BCUT2D eigenvalue weighted by molar-refractivity contribution is 5.78. The zero-order valence-corrected chi connectivity index (χ0v) is 12.8. The van der Waals surface area contributed by atoms with E-state index in [1.165, 1.54) is 0 Å². The molecule has 1 aromatic rings. The molecule has 120 valence electrons. The van der Waals surface area contributed by atoms with Crippen LogP contribution in [0.4, 0.5) is 5.95 Å². The van der Waals surface area contributed by atoms with Gasteiger partial charge in [0.05, 0.1) is 12.6 Å². The van der Waals surface area contributed by atoms with Gasteiger partial charge in [-0.15, -0.1) is 0 Å². The quantitative estimate of drug-likeness (QED) is 0.819. The lowest BCUT2D eigenvalue weighted by Crippen LogP contribution is -2.50. The molecule has 22 heavy (non-hydrogen) atoms. The van der Waals surface area contributed by atoms with E-state index in [2.05, 4.69) is 25.1 Å².